The lowest BCUT2D eigenvalue weighted by molar-refractivity contribution is 0.0316. The van der Waals surface area contributed by atoms with Gasteiger partial charge in [0.1, 0.15) is 0 Å². The highest BCUT2D eigenvalue weighted by atomic mass is 16.5. The average molecular weight is 144 g/mol. The normalized spacial score (nSPS) is 36.3. The Labute approximate surface area is 62.1 Å². The largest absolute Gasteiger partial charge is 0.380 e. The highest BCUT2D eigenvalue weighted by molar-refractivity contribution is 4.81. The van der Waals surface area contributed by atoms with Crippen molar-refractivity contribution in [3.05, 3.63) is 0 Å². The molecule has 0 saturated carbocycles. The Hall–Kier alpha value is -0.120. The molecule has 0 radical (unpaired) electrons. The van der Waals surface area contributed by atoms with Crippen LogP contribution in [-0.4, -0.2) is 44.3 Å². The lowest BCUT2D eigenvalue weighted by Crippen LogP contribution is -2.50. The first-order valence-corrected chi connectivity index (χ1v) is 3.71. The summed E-state index contributed by atoms with van der Waals surface area (Å²) in [6.07, 6.45) is 1.34. The Morgan fingerprint density at radius 2 is 2.30 bits per heavy atom. The van der Waals surface area contributed by atoms with Crippen LogP contribution in [-0.2, 0) is 4.74 Å². The number of hydrogen-bond acceptors (Lipinski definition) is 3. The monoisotopic (exact) mass is 144 g/mol. The van der Waals surface area contributed by atoms with Crippen LogP contribution in [0.2, 0.25) is 0 Å². The van der Waals surface area contributed by atoms with E-state index in [0.29, 0.717) is 0 Å². The minimum atomic E-state index is 0.198. The summed E-state index contributed by atoms with van der Waals surface area (Å²) in [6, 6.07) is 0.198. The molecule has 1 aliphatic heterocycles. The van der Waals surface area contributed by atoms with Crippen molar-refractivity contribution in [1.29, 1.82) is 0 Å². The van der Waals surface area contributed by atoms with Crippen molar-refractivity contribution in [2.45, 2.75) is 18.6 Å². The highest BCUT2D eigenvalue weighted by Crippen LogP contribution is 2.09. The molecular weight excluding hydrogens is 128 g/mol. The van der Waals surface area contributed by atoms with Crippen LogP contribution < -0.4 is 5.73 Å². The van der Waals surface area contributed by atoms with Crippen molar-refractivity contribution in [1.82, 2.24) is 4.90 Å². The molecule has 0 bridgehead atoms. The van der Waals surface area contributed by atoms with Gasteiger partial charge in [0.2, 0.25) is 0 Å². The lowest BCUT2D eigenvalue weighted by atomic mass is 10.0. The molecule has 1 aliphatic rings. The molecule has 0 aromatic heterocycles. The SMILES string of the molecule is COC1CCN(C)CC1N. The Balaban J connectivity index is 2.36. The molecular formula is C7H16N2O. The van der Waals surface area contributed by atoms with E-state index in [1.165, 1.54) is 0 Å². The van der Waals surface area contributed by atoms with Crippen LogP contribution in [0.1, 0.15) is 6.42 Å². The summed E-state index contributed by atoms with van der Waals surface area (Å²) in [7, 11) is 3.82. The molecule has 3 heteroatoms. The van der Waals surface area contributed by atoms with Crippen LogP contribution in [0.3, 0.4) is 0 Å². The second-order valence-corrected chi connectivity index (χ2v) is 2.99. The van der Waals surface area contributed by atoms with Crippen LogP contribution in [0.5, 0.6) is 0 Å². The molecule has 0 amide bonds. The van der Waals surface area contributed by atoms with Gasteiger partial charge >= 0.3 is 0 Å². The van der Waals surface area contributed by atoms with E-state index in [0.717, 1.165) is 19.5 Å². The number of nitrogens with two attached hydrogens (primary N) is 1. The third-order valence-electron chi connectivity index (χ3n) is 2.10. The van der Waals surface area contributed by atoms with Crippen molar-refractivity contribution >= 4 is 0 Å². The number of piperidine rings is 1. The van der Waals surface area contributed by atoms with Crippen LogP contribution in [0.15, 0.2) is 0 Å². The Bertz CT molecular complexity index is 108. The summed E-state index contributed by atoms with van der Waals surface area (Å²) in [4.78, 5) is 2.24. The van der Waals surface area contributed by atoms with Gasteiger partial charge in [-0.2, -0.15) is 0 Å². The standard InChI is InChI=1S/C7H16N2O/c1-9-4-3-7(10-2)6(8)5-9/h6-7H,3-5,8H2,1-2H3. The van der Waals surface area contributed by atoms with Crippen LogP contribution in [0, 0.1) is 0 Å². The third kappa shape index (κ3) is 1.68. The highest BCUT2D eigenvalue weighted by Gasteiger charge is 2.23. The molecule has 60 valence electrons. The number of hydrogen-bond donors (Lipinski definition) is 1. The predicted molar refractivity (Wildman–Crippen MR) is 40.9 cm³/mol. The fourth-order valence-electron chi connectivity index (χ4n) is 1.42. The molecule has 2 atom stereocenters. The molecule has 0 aromatic carbocycles. The topological polar surface area (TPSA) is 38.5 Å². The smallest absolute Gasteiger partial charge is 0.0746 e. The Morgan fingerprint density at radius 3 is 2.80 bits per heavy atom. The molecule has 10 heavy (non-hydrogen) atoms. The van der Waals surface area contributed by atoms with Gasteiger partial charge in [0.15, 0.2) is 0 Å². The van der Waals surface area contributed by atoms with E-state index in [-0.39, 0.29) is 12.1 Å². The minimum absolute atomic E-state index is 0.198. The first-order chi connectivity index (χ1) is 4.74. The molecule has 3 nitrogen and oxygen atoms in total. The lowest BCUT2D eigenvalue weighted by Gasteiger charge is -2.33. The molecule has 2 unspecified atom stereocenters. The van der Waals surface area contributed by atoms with Crippen molar-refractivity contribution < 1.29 is 4.74 Å². The molecule has 0 aliphatic carbocycles. The van der Waals surface area contributed by atoms with Crippen molar-refractivity contribution in [2.24, 2.45) is 5.73 Å². The second kappa shape index (κ2) is 3.32. The number of ether oxygens (including phenoxy) is 1. The molecule has 2 N–H and O–H groups in total. The molecule has 1 saturated heterocycles. The maximum Gasteiger partial charge on any atom is 0.0746 e. The maximum atomic E-state index is 5.81. The molecule has 1 rings (SSSR count). The summed E-state index contributed by atoms with van der Waals surface area (Å²) in [5.41, 5.74) is 5.81. The maximum absolute atomic E-state index is 5.81. The number of rotatable bonds is 1. The van der Waals surface area contributed by atoms with E-state index in [4.69, 9.17) is 10.5 Å². The zero-order valence-corrected chi connectivity index (χ0v) is 6.71. The molecule has 1 heterocycles. The van der Waals surface area contributed by atoms with Gasteiger partial charge in [-0.1, -0.05) is 0 Å². The Morgan fingerprint density at radius 1 is 1.60 bits per heavy atom. The van der Waals surface area contributed by atoms with Gasteiger partial charge in [-0.3, -0.25) is 0 Å². The summed E-state index contributed by atoms with van der Waals surface area (Å²) in [5.74, 6) is 0. The van der Waals surface area contributed by atoms with Crippen LogP contribution in [0.25, 0.3) is 0 Å². The van der Waals surface area contributed by atoms with Gasteiger partial charge < -0.3 is 15.4 Å². The molecule has 0 spiro atoms. The van der Waals surface area contributed by atoms with E-state index in [1.807, 2.05) is 0 Å². The van der Waals surface area contributed by atoms with Crippen molar-refractivity contribution in [3.63, 3.8) is 0 Å². The average Bonchev–Trinajstić information content (AvgIpc) is 1.88. The van der Waals surface area contributed by atoms with Gasteiger partial charge in [-0.05, 0) is 13.5 Å². The Kier molecular flexibility index (Phi) is 2.65. The second-order valence-electron chi connectivity index (χ2n) is 2.99. The minimum Gasteiger partial charge on any atom is -0.380 e. The predicted octanol–water partition coefficient (Wildman–Crippen LogP) is -0.336. The molecule has 0 aromatic rings. The van der Waals surface area contributed by atoms with Gasteiger partial charge in [0.05, 0.1) is 6.10 Å². The third-order valence-corrected chi connectivity index (χ3v) is 2.10. The number of likely N-dealkylation sites (tertiary alicyclic amines) is 1. The number of nitrogens with zero attached hydrogens (tertiary/aromatic N) is 1. The summed E-state index contributed by atoms with van der Waals surface area (Å²) in [5, 5.41) is 0. The zero-order valence-electron chi connectivity index (χ0n) is 6.71. The first-order valence-electron chi connectivity index (χ1n) is 3.71. The first kappa shape index (κ1) is 7.98. The van der Waals surface area contributed by atoms with Crippen molar-refractivity contribution in [3.8, 4) is 0 Å². The quantitative estimate of drug-likeness (QED) is 0.547. The zero-order chi connectivity index (χ0) is 7.56. The van der Waals surface area contributed by atoms with E-state index >= 15 is 0 Å². The fourth-order valence-corrected chi connectivity index (χ4v) is 1.42. The van der Waals surface area contributed by atoms with Crippen LogP contribution in [0.4, 0.5) is 0 Å². The number of methoxy groups -OCH3 is 1. The van der Waals surface area contributed by atoms with E-state index in [2.05, 4.69) is 11.9 Å². The fraction of sp³-hybridized carbons (Fsp3) is 1.00. The van der Waals surface area contributed by atoms with E-state index in [9.17, 15) is 0 Å². The van der Waals surface area contributed by atoms with Gasteiger partial charge in [-0.25, -0.2) is 0 Å². The summed E-state index contributed by atoms with van der Waals surface area (Å²) < 4.78 is 5.20. The van der Waals surface area contributed by atoms with Gasteiger partial charge in [-0.15, -0.1) is 0 Å². The van der Waals surface area contributed by atoms with E-state index in [1.54, 1.807) is 7.11 Å². The van der Waals surface area contributed by atoms with Crippen LogP contribution >= 0.6 is 0 Å². The van der Waals surface area contributed by atoms with E-state index < -0.39 is 0 Å². The number of likely N-dealkylation sites (N-methyl/N-ethyl adjacent to an activating group) is 1. The van der Waals surface area contributed by atoms with Crippen molar-refractivity contribution in [2.75, 3.05) is 27.2 Å². The molecule has 1 fully saturated rings. The van der Waals surface area contributed by atoms with Gasteiger partial charge in [0.25, 0.3) is 0 Å². The van der Waals surface area contributed by atoms with Gasteiger partial charge in [0, 0.05) is 26.2 Å². The summed E-state index contributed by atoms with van der Waals surface area (Å²) >= 11 is 0. The summed E-state index contributed by atoms with van der Waals surface area (Å²) in [6.45, 7) is 2.06.